The zero-order chi connectivity index (χ0) is 25.4. The van der Waals surface area contributed by atoms with Crippen LogP contribution >= 0.6 is 0 Å². The van der Waals surface area contributed by atoms with Gasteiger partial charge >= 0.3 is 0 Å². The fourth-order valence-electron chi connectivity index (χ4n) is 5.71. The summed E-state index contributed by atoms with van der Waals surface area (Å²) < 4.78 is 0. The lowest BCUT2D eigenvalue weighted by Crippen LogP contribution is -2.15. The summed E-state index contributed by atoms with van der Waals surface area (Å²) in [4.78, 5) is 0. The normalized spacial score (nSPS) is 15.0. The van der Waals surface area contributed by atoms with Gasteiger partial charge < -0.3 is 5.32 Å². The van der Waals surface area contributed by atoms with E-state index in [4.69, 9.17) is 0 Å². The standard InChI is InChI=1S/C36H31N/c1-4-32-29(23-30-22-28-16-9-11-20-34(28)36(30,2)3)21-27-15-8-10-19-33(27)35(32)37-31-18-12-17-26(24-31)25-13-6-5-7-14-25/h4-21,23-24,37H,1,22H2,2-3H3/b30-23+. The van der Waals surface area contributed by atoms with Gasteiger partial charge in [0.25, 0.3) is 0 Å². The number of benzene rings is 5. The van der Waals surface area contributed by atoms with E-state index in [2.05, 4.69) is 141 Å². The number of anilines is 2. The average Bonchev–Trinajstić information content (AvgIpc) is 3.19. The lowest BCUT2D eigenvalue weighted by Gasteiger charge is -2.23. The summed E-state index contributed by atoms with van der Waals surface area (Å²) >= 11 is 0. The van der Waals surface area contributed by atoms with Crippen molar-refractivity contribution in [3.05, 3.63) is 144 Å². The van der Waals surface area contributed by atoms with Gasteiger partial charge in [0, 0.05) is 22.1 Å². The van der Waals surface area contributed by atoms with E-state index in [1.165, 1.54) is 44.2 Å². The van der Waals surface area contributed by atoms with E-state index < -0.39 is 0 Å². The number of hydrogen-bond donors (Lipinski definition) is 1. The Hall–Kier alpha value is -4.36. The van der Waals surface area contributed by atoms with E-state index in [0.717, 1.165) is 23.4 Å². The second kappa shape index (κ2) is 9.26. The van der Waals surface area contributed by atoms with Crippen LogP contribution < -0.4 is 5.32 Å². The Balaban J connectivity index is 1.48. The fraction of sp³-hybridized carbons (Fsp3) is 0.111. The predicted molar refractivity (Wildman–Crippen MR) is 160 cm³/mol. The third kappa shape index (κ3) is 4.17. The van der Waals surface area contributed by atoms with Crippen LogP contribution in [0.15, 0.2) is 121 Å². The second-order valence-corrected chi connectivity index (χ2v) is 10.4. The molecule has 0 heterocycles. The molecule has 6 rings (SSSR count). The molecule has 0 atom stereocenters. The maximum absolute atomic E-state index is 4.25. The van der Waals surface area contributed by atoms with Gasteiger partial charge in [0.2, 0.25) is 0 Å². The summed E-state index contributed by atoms with van der Waals surface area (Å²) in [6.07, 6.45) is 5.38. The molecule has 0 saturated carbocycles. The van der Waals surface area contributed by atoms with Crippen molar-refractivity contribution in [3.63, 3.8) is 0 Å². The van der Waals surface area contributed by atoms with E-state index in [1.54, 1.807) is 0 Å². The number of rotatable bonds is 5. The molecule has 37 heavy (non-hydrogen) atoms. The fourth-order valence-corrected chi connectivity index (χ4v) is 5.71. The highest BCUT2D eigenvalue weighted by Crippen LogP contribution is 2.44. The third-order valence-corrected chi connectivity index (χ3v) is 7.77. The van der Waals surface area contributed by atoms with Crippen LogP contribution in [-0.2, 0) is 11.8 Å². The van der Waals surface area contributed by atoms with Crippen molar-refractivity contribution in [2.24, 2.45) is 0 Å². The summed E-state index contributed by atoms with van der Waals surface area (Å²) in [6, 6.07) is 38.9. The van der Waals surface area contributed by atoms with Gasteiger partial charge in [0.15, 0.2) is 0 Å². The van der Waals surface area contributed by atoms with Crippen molar-refractivity contribution in [2.45, 2.75) is 25.7 Å². The minimum Gasteiger partial charge on any atom is -0.354 e. The molecule has 1 N–H and O–H groups in total. The van der Waals surface area contributed by atoms with Crippen molar-refractivity contribution < 1.29 is 0 Å². The molecule has 0 unspecified atom stereocenters. The van der Waals surface area contributed by atoms with E-state index in [0.29, 0.717) is 0 Å². The molecule has 1 heteroatoms. The summed E-state index contributed by atoms with van der Waals surface area (Å²) in [5.74, 6) is 0. The molecule has 5 aromatic rings. The van der Waals surface area contributed by atoms with Crippen LogP contribution in [0.25, 0.3) is 34.1 Å². The van der Waals surface area contributed by atoms with Gasteiger partial charge in [-0.2, -0.15) is 0 Å². The first kappa shape index (κ1) is 23.1. The first-order valence-electron chi connectivity index (χ1n) is 12.9. The molecule has 0 spiro atoms. The Morgan fingerprint density at radius 2 is 1.49 bits per heavy atom. The highest BCUT2D eigenvalue weighted by Gasteiger charge is 2.34. The quantitative estimate of drug-likeness (QED) is 0.266. The number of allylic oxidation sites excluding steroid dienone is 1. The Kier molecular flexibility index (Phi) is 5.77. The van der Waals surface area contributed by atoms with Crippen LogP contribution in [0.5, 0.6) is 0 Å². The van der Waals surface area contributed by atoms with Gasteiger partial charge in [-0.15, -0.1) is 0 Å². The van der Waals surface area contributed by atoms with Gasteiger partial charge in [-0.3, -0.25) is 0 Å². The van der Waals surface area contributed by atoms with Crippen molar-refractivity contribution >= 4 is 34.3 Å². The molecular formula is C36H31N. The Bertz CT molecular complexity index is 1650. The number of nitrogens with one attached hydrogen (secondary N) is 1. The van der Waals surface area contributed by atoms with E-state index in [-0.39, 0.29) is 5.41 Å². The molecule has 0 amide bonds. The molecule has 0 radical (unpaired) electrons. The van der Waals surface area contributed by atoms with Crippen LogP contribution in [-0.4, -0.2) is 0 Å². The smallest absolute Gasteiger partial charge is 0.0543 e. The maximum atomic E-state index is 4.25. The lowest BCUT2D eigenvalue weighted by molar-refractivity contribution is 0.649. The Labute approximate surface area is 219 Å². The molecule has 0 bridgehead atoms. The average molecular weight is 478 g/mol. The first-order valence-corrected chi connectivity index (χ1v) is 12.9. The molecule has 0 saturated heterocycles. The van der Waals surface area contributed by atoms with Crippen LogP contribution in [0.1, 0.15) is 36.1 Å². The topological polar surface area (TPSA) is 12.0 Å². The summed E-state index contributed by atoms with van der Waals surface area (Å²) in [5, 5.41) is 6.19. The Morgan fingerprint density at radius 3 is 2.30 bits per heavy atom. The molecule has 1 aliphatic carbocycles. The first-order chi connectivity index (χ1) is 18.0. The maximum Gasteiger partial charge on any atom is 0.0543 e. The molecule has 0 aromatic heterocycles. The molecule has 180 valence electrons. The molecule has 1 nitrogen and oxygen atoms in total. The van der Waals surface area contributed by atoms with Crippen LogP contribution in [0, 0.1) is 0 Å². The molecular weight excluding hydrogens is 446 g/mol. The van der Waals surface area contributed by atoms with Gasteiger partial charge in [-0.05, 0) is 57.8 Å². The SMILES string of the molecule is C=Cc1c(/C=C2\Cc3ccccc3C2(C)C)cc2ccccc2c1Nc1cccc(-c2ccccc2)c1. The van der Waals surface area contributed by atoms with Crippen molar-refractivity contribution in [1.82, 2.24) is 0 Å². The summed E-state index contributed by atoms with van der Waals surface area (Å²) in [6.45, 7) is 8.93. The van der Waals surface area contributed by atoms with Gasteiger partial charge in [0.1, 0.15) is 0 Å². The highest BCUT2D eigenvalue weighted by molar-refractivity contribution is 6.02. The van der Waals surface area contributed by atoms with Gasteiger partial charge in [-0.25, -0.2) is 0 Å². The second-order valence-electron chi connectivity index (χ2n) is 10.4. The zero-order valence-electron chi connectivity index (χ0n) is 21.5. The highest BCUT2D eigenvalue weighted by atomic mass is 14.9. The van der Waals surface area contributed by atoms with Crippen molar-refractivity contribution in [3.8, 4) is 11.1 Å². The summed E-state index contributed by atoms with van der Waals surface area (Å²) in [7, 11) is 0. The predicted octanol–water partition coefficient (Wildman–Crippen LogP) is 9.81. The Morgan fingerprint density at radius 1 is 0.757 bits per heavy atom. The monoisotopic (exact) mass is 477 g/mol. The molecule has 0 fully saturated rings. The molecule has 5 aromatic carbocycles. The van der Waals surface area contributed by atoms with E-state index in [9.17, 15) is 0 Å². The minimum atomic E-state index is -0.00170. The minimum absolute atomic E-state index is 0.00170. The summed E-state index contributed by atoms with van der Waals surface area (Å²) in [5.41, 5.74) is 11.2. The lowest BCUT2D eigenvalue weighted by atomic mass is 9.81. The number of hydrogen-bond acceptors (Lipinski definition) is 1. The van der Waals surface area contributed by atoms with E-state index in [1.807, 2.05) is 6.08 Å². The van der Waals surface area contributed by atoms with Crippen molar-refractivity contribution in [1.29, 1.82) is 0 Å². The largest absolute Gasteiger partial charge is 0.354 e. The van der Waals surface area contributed by atoms with Crippen molar-refractivity contribution in [2.75, 3.05) is 5.32 Å². The zero-order valence-corrected chi connectivity index (χ0v) is 21.5. The van der Waals surface area contributed by atoms with Crippen LogP contribution in [0.2, 0.25) is 0 Å². The van der Waals surface area contributed by atoms with Gasteiger partial charge in [0.05, 0.1) is 5.69 Å². The molecule has 0 aliphatic heterocycles. The van der Waals surface area contributed by atoms with Gasteiger partial charge in [-0.1, -0.05) is 129 Å². The van der Waals surface area contributed by atoms with E-state index >= 15 is 0 Å². The third-order valence-electron chi connectivity index (χ3n) is 7.77. The van der Waals surface area contributed by atoms with Crippen LogP contribution in [0.4, 0.5) is 11.4 Å². The molecule has 1 aliphatic rings. The number of fused-ring (bicyclic) bond motifs is 2. The van der Waals surface area contributed by atoms with Crippen LogP contribution in [0.3, 0.4) is 0 Å².